The van der Waals surface area contributed by atoms with Gasteiger partial charge in [0.15, 0.2) is 0 Å². The van der Waals surface area contributed by atoms with E-state index in [1.165, 1.54) is 10.9 Å². The lowest BCUT2D eigenvalue weighted by Gasteiger charge is -2.10. The second-order valence-corrected chi connectivity index (χ2v) is 4.54. The first-order valence-electron chi connectivity index (χ1n) is 6.16. The summed E-state index contributed by atoms with van der Waals surface area (Å²) in [5, 5.41) is 1.22. The molecule has 0 radical (unpaired) electrons. The molecule has 0 saturated heterocycles. The smallest absolute Gasteiger partial charge is 0.120 e. The van der Waals surface area contributed by atoms with E-state index in [-0.39, 0.29) is 6.10 Å². The molecule has 0 aliphatic rings. The summed E-state index contributed by atoms with van der Waals surface area (Å²) >= 11 is 0. The topological polar surface area (TPSA) is 40.2 Å². The van der Waals surface area contributed by atoms with Crippen LogP contribution in [-0.4, -0.2) is 17.2 Å². The van der Waals surface area contributed by atoms with Gasteiger partial charge in [0.05, 0.1) is 6.10 Å². The second kappa shape index (κ2) is 5.23. The van der Waals surface area contributed by atoms with Crippen LogP contribution in [0.25, 0.3) is 10.9 Å². The van der Waals surface area contributed by atoms with Crippen LogP contribution in [0.3, 0.4) is 0 Å². The molecule has 3 nitrogen and oxygen atoms in total. The predicted molar refractivity (Wildman–Crippen MR) is 71.4 cm³/mol. The number of nitrogens with two attached hydrogens (primary N) is 1. The highest BCUT2D eigenvalue weighted by molar-refractivity contribution is 5.81. The van der Waals surface area contributed by atoms with Gasteiger partial charge in [0, 0.05) is 23.6 Å². The molecular formula is C14H20N2O. The normalized spacial score (nSPS) is 11.3. The summed E-state index contributed by atoms with van der Waals surface area (Å²) in [5.41, 5.74) is 6.78. The van der Waals surface area contributed by atoms with Crippen molar-refractivity contribution in [1.82, 2.24) is 4.57 Å². The molecule has 0 unspecified atom stereocenters. The SMILES string of the molecule is CC(C)Oc1ccc2c(ccn2CCCN)c1. The Labute approximate surface area is 102 Å². The third-order valence-corrected chi connectivity index (χ3v) is 2.72. The number of hydrogen-bond acceptors (Lipinski definition) is 2. The van der Waals surface area contributed by atoms with E-state index in [1.807, 2.05) is 19.9 Å². The van der Waals surface area contributed by atoms with Crippen molar-refractivity contribution in [2.75, 3.05) is 6.54 Å². The number of benzene rings is 1. The summed E-state index contributed by atoms with van der Waals surface area (Å²) in [5.74, 6) is 0.934. The maximum Gasteiger partial charge on any atom is 0.120 e. The van der Waals surface area contributed by atoms with Crippen LogP contribution in [0.15, 0.2) is 30.5 Å². The number of fused-ring (bicyclic) bond motifs is 1. The van der Waals surface area contributed by atoms with Crippen molar-refractivity contribution in [2.45, 2.75) is 32.9 Å². The van der Waals surface area contributed by atoms with Gasteiger partial charge in [0.2, 0.25) is 0 Å². The second-order valence-electron chi connectivity index (χ2n) is 4.54. The largest absolute Gasteiger partial charge is 0.491 e. The number of hydrogen-bond donors (Lipinski definition) is 1. The summed E-state index contributed by atoms with van der Waals surface area (Å²) in [6.07, 6.45) is 3.33. The third kappa shape index (κ3) is 2.80. The van der Waals surface area contributed by atoms with E-state index in [2.05, 4.69) is 29.0 Å². The van der Waals surface area contributed by atoms with E-state index in [4.69, 9.17) is 10.5 Å². The van der Waals surface area contributed by atoms with Crippen LogP contribution in [-0.2, 0) is 6.54 Å². The maximum atomic E-state index is 5.68. The molecule has 2 aromatic rings. The van der Waals surface area contributed by atoms with Gasteiger partial charge in [-0.25, -0.2) is 0 Å². The van der Waals surface area contributed by atoms with Gasteiger partial charge in [0.1, 0.15) is 5.75 Å². The Morgan fingerprint density at radius 1 is 1.29 bits per heavy atom. The van der Waals surface area contributed by atoms with Crippen molar-refractivity contribution in [3.63, 3.8) is 0 Å². The minimum absolute atomic E-state index is 0.215. The number of ether oxygens (including phenoxy) is 1. The Kier molecular flexibility index (Phi) is 3.69. The summed E-state index contributed by atoms with van der Waals surface area (Å²) in [6.45, 7) is 5.78. The predicted octanol–water partition coefficient (Wildman–Crippen LogP) is 2.78. The van der Waals surface area contributed by atoms with Gasteiger partial charge in [-0.05, 0) is 51.1 Å². The fraction of sp³-hybridized carbons (Fsp3) is 0.429. The fourth-order valence-corrected chi connectivity index (χ4v) is 1.98. The molecule has 1 heterocycles. The van der Waals surface area contributed by atoms with Gasteiger partial charge in [0.25, 0.3) is 0 Å². The molecule has 0 amide bonds. The molecule has 0 aliphatic carbocycles. The Bertz CT molecular complexity index is 488. The van der Waals surface area contributed by atoms with Crippen molar-refractivity contribution in [3.8, 4) is 5.75 Å². The molecule has 17 heavy (non-hydrogen) atoms. The Hall–Kier alpha value is -1.48. The Morgan fingerprint density at radius 2 is 2.12 bits per heavy atom. The number of aromatic nitrogens is 1. The average Bonchev–Trinajstić information content (AvgIpc) is 2.68. The van der Waals surface area contributed by atoms with Gasteiger partial charge in [-0.15, -0.1) is 0 Å². The van der Waals surface area contributed by atoms with Crippen LogP contribution in [0.2, 0.25) is 0 Å². The highest BCUT2D eigenvalue weighted by atomic mass is 16.5. The first-order valence-corrected chi connectivity index (χ1v) is 6.16. The number of nitrogens with zero attached hydrogens (tertiary/aromatic N) is 1. The van der Waals surface area contributed by atoms with Crippen LogP contribution in [0, 0.1) is 0 Å². The summed E-state index contributed by atoms with van der Waals surface area (Å²) in [6, 6.07) is 8.36. The summed E-state index contributed by atoms with van der Waals surface area (Å²) < 4.78 is 7.92. The Morgan fingerprint density at radius 3 is 2.82 bits per heavy atom. The monoisotopic (exact) mass is 232 g/mol. The van der Waals surface area contributed by atoms with Gasteiger partial charge < -0.3 is 15.0 Å². The van der Waals surface area contributed by atoms with E-state index in [9.17, 15) is 0 Å². The molecule has 0 saturated carbocycles. The van der Waals surface area contributed by atoms with Crippen LogP contribution in [0.1, 0.15) is 20.3 Å². The zero-order valence-corrected chi connectivity index (χ0v) is 10.5. The quantitative estimate of drug-likeness (QED) is 0.861. The first kappa shape index (κ1) is 12.0. The molecule has 3 heteroatoms. The van der Waals surface area contributed by atoms with E-state index in [0.29, 0.717) is 0 Å². The molecule has 0 spiro atoms. The Balaban J connectivity index is 2.25. The van der Waals surface area contributed by atoms with Gasteiger partial charge in [-0.1, -0.05) is 0 Å². The molecule has 2 rings (SSSR count). The summed E-state index contributed by atoms with van der Waals surface area (Å²) in [7, 11) is 0. The molecule has 0 aliphatic heterocycles. The van der Waals surface area contributed by atoms with Crippen LogP contribution in [0.4, 0.5) is 0 Å². The highest BCUT2D eigenvalue weighted by Gasteiger charge is 2.03. The maximum absolute atomic E-state index is 5.68. The van der Waals surface area contributed by atoms with Crippen LogP contribution >= 0.6 is 0 Å². The van der Waals surface area contributed by atoms with E-state index in [1.54, 1.807) is 0 Å². The molecule has 92 valence electrons. The van der Waals surface area contributed by atoms with Crippen molar-refractivity contribution in [1.29, 1.82) is 0 Å². The summed E-state index contributed by atoms with van der Waals surface area (Å²) in [4.78, 5) is 0. The zero-order chi connectivity index (χ0) is 12.3. The molecule has 2 N–H and O–H groups in total. The number of rotatable bonds is 5. The fourth-order valence-electron chi connectivity index (χ4n) is 1.98. The van der Waals surface area contributed by atoms with Crippen molar-refractivity contribution >= 4 is 10.9 Å². The molecule has 0 fully saturated rings. The molecule has 1 aromatic carbocycles. The third-order valence-electron chi connectivity index (χ3n) is 2.72. The first-order chi connectivity index (χ1) is 8.20. The van der Waals surface area contributed by atoms with Crippen LogP contribution in [0.5, 0.6) is 5.75 Å². The van der Waals surface area contributed by atoms with E-state index >= 15 is 0 Å². The minimum atomic E-state index is 0.215. The van der Waals surface area contributed by atoms with Gasteiger partial charge in [-0.3, -0.25) is 0 Å². The van der Waals surface area contributed by atoms with Crippen molar-refractivity contribution in [2.24, 2.45) is 5.73 Å². The average molecular weight is 232 g/mol. The van der Waals surface area contributed by atoms with Crippen LogP contribution < -0.4 is 10.5 Å². The standard InChI is InChI=1S/C14H20N2O/c1-11(2)17-13-4-5-14-12(10-13)6-9-16(14)8-3-7-15/h4-6,9-11H,3,7-8,15H2,1-2H3. The molecule has 0 bridgehead atoms. The minimum Gasteiger partial charge on any atom is -0.491 e. The van der Waals surface area contributed by atoms with Crippen molar-refractivity contribution < 1.29 is 4.74 Å². The lowest BCUT2D eigenvalue weighted by Crippen LogP contribution is -2.06. The van der Waals surface area contributed by atoms with Gasteiger partial charge >= 0.3 is 0 Å². The van der Waals surface area contributed by atoms with Crippen molar-refractivity contribution in [3.05, 3.63) is 30.5 Å². The zero-order valence-electron chi connectivity index (χ0n) is 10.5. The number of aryl methyl sites for hydroxylation is 1. The molecular weight excluding hydrogens is 212 g/mol. The van der Waals surface area contributed by atoms with E-state index in [0.717, 1.165) is 25.3 Å². The lowest BCUT2D eigenvalue weighted by atomic mass is 10.2. The molecule has 1 aromatic heterocycles. The molecule has 0 atom stereocenters. The van der Waals surface area contributed by atoms with E-state index < -0.39 is 0 Å². The highest BCUT2D eigenvalue weighted by Crippen LogP contribution is 2.22. The van der Waals surface area contributed by atoms with Gasteiger partial charge in [-0.2, -0.15) is 0 Å². The lowest BCUT2D eigenvalue weighted by molar-refractivity contribution is 0.243.